The zero-order valence-corrected chi connectivity index (χ0v) is 9.39. The smallest absolute Gasteiger partial charge is 0.330 e. The van der Waals surface area contributed by atoms with E-state index in [-0.39, 0.29) is 12.1 Å². The summed E-state index contributed by atoms with van der Waals surface area (Å²) in [4.78, 5) is 13.1. The van der Waals surface area contributed by atoms with Crippen molar-refractivity contribution in [1.29, 1.82) is 5.26 Å². The number of morpholine rings is 1. The summed E-state index contributed by atoms with van der Waals surface area (Å²) in [7, 11) is 0. The van der Waals surface area contributed by atoms with Gasteiger partial charge in [-0.2, -0.15) is 5.26 Å². The van der Waals surface area contributed by atoms with E-state index in [9.17, 15) is 4.79 Å². The summed E-state index contributed by atoms with van der Waals surface area (Å²) in [6.45, 7) is 4.73. The zero-order chi connectivity index (χ0) is 11.8. The Balaban J connectivity index is 2.27. The Morgan fingerprint density at radius 2 is 2.56 bits per heavy atom. The molecule has 1 aliphatic heterocycles. The summed E-state index contributed by atoms with van der Waals surface area (Å²) in [5.74, 6) is -0.326. The summed E-state index contributed by atoms with van der Waals surface area (Å²) in [6, 6.07) is 2.07. The van der Waals surface area contributed by atoms with Gasteiger partial charge in [0.2, 0.25) is 0 Å². The Hall–Kier alpha value is -1.38. The molecule has 0 radical (unpaired) electrons. The summed E-state index contributed by atoms with van der Waals surface area (Å²) in [6.07, 6.45) is 2.81. The lowest BCUT2D eigenvalue weighted by Gasteiger charge is -2.28. The molecule has 5 heteroatoms. The largest absolute Gasteiger partial charge is 0.463 e. The number of nitriles is 1. The van der Waals surface area contributed by atoms with E-state index in [2.05, 4.69) is 11.0 Å². The van der Waals surface area contributed by atoms with Gasteiger partial charge in [-0.25, -0.2) is 4.79 Å². The normalized spacial score (nSPS) is 21.9. The molecule has 1 heterocycles. The fourth-order valence-corrected chi connectivity index (χ4v) is 1.43. The molecule has 1 unspecified atom stereocenters. The van der Waals surface area contributed by atoms with Gasteiger partial charge in [0.25, 0.3) is 0 Å². The highest BCUT2D eigenvalue weighted by Crippen LogP contribution is 2.03. The Morgan fingerprint density at radius 1 is 1.75 bits per heavy atom. The van der Waals surface area contributed by atoms with E-state index in [0.29, 0.717) is 26.3 Å². The Bertz CT molecular complexity index is 296. The first-order valence-electron chi connectivity index (χ1n) is 5.33. The predicted octanol–water partition coefficient (Wildman–Crippen LogP) is 0.330. The van der Waals surface area contributed by atoms with Crippen LogP contribution < -0.4 is 0 Å². The van der Waals surface area contributed by atoms with Crippen LogP contribution in [0.3, 0.4) is 0 Å². The van der Waals surface area contributed by atoms with Gasteiger partial charge in [0, 0.05) is 25.7 Å². The molecular formula is C11H16N2O3. The van der Waals surface area contributed by atoms with Gasteiger partial charge < -0.3 is 9.47 Å². The van der Waals surface area contributed by atoms with Crippen molar-refractivity contribution in [2.75, 3.05) is 32.8 Å². The number of carbonyl (C=O) groups is 1. The third kappa shape index (κ3) is 4.43. The molecule has 0 amide bonds. The SMILES string of the molecule is CCOC(=O)/C=C/CN1CCOC(C#N)C1. The van der Waals surface area contributed by atoms with Crippen LogP contribution in [0.15, 0.2) is 12.2 Å². The van der Waals surface area contributed by atoms with Gasteiger partial charge in [-0.3, -0.25) is 4.90 Å². The average molecular weight is 224 g/mol. The number of carbonyl (C=O) groups excluding carboxylic acids is 1. The number of hydrogen-bond acceptors (Lipinski definition) is 5. The standard InChI is InChI=1S/C11H16N2O3/c1-2-15-11(14)4-3-5-13-6-7-16-10(8-12)9-13/h3-4,10H,2,5-7,9H2,1H3/b4-3+. The first-order valence-corrected chi connectivity index (χ1v) is 5.33. The predicted molar refractivity (Wildman–Crippen MR) is 57.6 cm³/mol. The summed E-state index contributed by atoms with van der Waals surface area (Å²) in [5, 5.41) is 8.70. The van der Waals surface area contributed by atoms with Crippen LogP contribution in [0.2, 0.25) is 0 Å². The average Bonchev–Trinajstić information content (AvgIpc) is 2.30. The second kappa shape index (κ2) is 6.99. The van der Waals surface area contributed by atoms with Crippen molar-refractivity contribution in [2.45, 2.75) is 13.0 Å². The number of hydrogen-bond donors (Lipinski definition) is 0. The topological polar surface area (TPSA) is 62.6 Å². The molecule has 0 bridgehead atoms. The molecule has 0 aromatic heterocycles. The highest BCUT2D eigenvalue weighted by atomic mass is 16.5. The molecule has 0 aromatic rings. The molecule has 16 heavy (non-hydrogen) atoms. The van der Waals surface area contributed by atoms with Crippen LogP contribution in [0.1, 0.15) is 6.92 Å². The Kier molecular flexibility index (Phi) is 5.54. The first-order chi connectivity index (χ1) is 7.76. The lowest BCUT2D eigenvalue weighted by molar-refractivity contribution is -0.137. The number of nitrogens with zero attached hydrogens (tertiary/aromatic N) is 2. The molecule has 0 aliphatic carbocycles. The van der Waals surface area contributed by atoms with Crippen molar-refractivity contribution >= 4 is 5.97 Å². The molecule has 0 aromatic carbocycles. The summed E-state index contributed by atoms with van der Waals surface area (Å²) in [5.41, 5.74) is 0. The third-order valence-electron chi connectivity index (χ3n) is 2.20. The van der Waals surface area contributed by atoms with Crippen molar-refractivity contribution in [3.63, 3.8) is 0 Å². The minimum Gasteiger partial charge on any atom is -0.463 e. The molecule has 0 N–H and O–H groups in total. The zero-order valence-electron chi connectivity index (χ0n) is 9.39. The molecule has 0 spiro atoms. The van der Waals surface area contributed by atoms with E-state index >= 15 is 0 Å². The Morgan fingerprint density at radius 3 is 3.25 bits per heavy atom. The van der Waals surface area contributed by atoms with E-state index in [4.69, 9.17) is 14.7 Å². The van der Waals surface area contributed by atoms with Gasteiger partial charge >= 0.3 is 5.97 Å². The van der Waals surface area contributed by atoms with E-state index in [1.807, 2.05) is 0 Å². The van der Waals surface area contributed by atoms with Crippen LogP contribution in [0.25, 0.3) is 0 Å². The molecule has 1 saturated heterocycles. The maximum Gasteiger partial charge on any atom is 0.330 e. The van der Waals surface area contributed by atoms with Gasteiger partial charge in [0.05, 0.1) is 19.3 Å². The molecule has 1 rings (SSSR count). The van der Waals surface area contributed by atoms with Crippen LogP contribution in [-0.4, -0.2) is 49.8 Å². The van der Waals surface area contributed by atoms with E-state index in [0.717, 1.165) is 6.54 Å². The Labute approximate surface area is 95.2 Å². The van der Waals surface area contributed by atoms with Crippen LogP contribution in [-0.2, 0) is 14.3 Å². The van der Waals surface area contributed by atoms with Crippen LogP contribution in [0, 0.1) is 11.3 Å². The fraction of sp³-hybridized carbons (Fsp3) is 0.636. The van der Waals surface area contributed by atoms with Crippen molar-refractivity contribution in [3.05, 3.63) is 12.2 Å². The minimum atomic E-state index is -0.357. The molecule has 0 saturated carbocycles. The monoisotopic (exact) mass is 224 g/mol. The molecule has 5 nitrogen and oxygen atoms in total. The molecule has 1 aliphatic rings. The lowest BCUT2D eigenvalue weighted by atomic mass is 10.3. The van der Waals surface area contributed by atoms with Crippen molar-refractivity contribution in [2.24, 2.45) is 0 Å². The molecule has 1 fully saturated rings. The van der Waals surface area contributed by atoms with E-state index in [1.54, 1.807) is 13.0 Å². The number of ether oxygens (including phenoxy) is 2. The van der Waals surface area contributed by atoms with E-state index in [1.165, 1.54) is 6.08 Å². The van der Waals surface area contributed by atoms with Gasteiger partial charge in [-0.05, 0) is 6.92 Å². The van der Waals surface area contributed by atoms with Gasteiger partial charge in [-0.15, -0.1) is 0 Å². The molecule has 88 valence electrons. The first kappa shape index (κ1) is 12.7. The lowest BCUT2D eigenvalue weighted by Crippen LogP contribution is -2.41. The third-order valence-corrected chi connectivity index (χ3v) is 2.20. The van der Waals surface area contributed by atoms with Crippen molar-refractivity contribution in [3.8, 4) is 6.07 Å². The second-order valence-electron chi connectivity index (χ2n) is 3.40. The highest BCUT2D eigenvalue weighted by molar-refractivity contribution is 5.81. The van der Waals surface area contributed by atoms with Crippen LogP contribution in [0.4, 0.5) is 0 Å². The fourth-order valence-electron chi connectivity index (χ4n) is 1.43. The van der Waals surface area contributed by atoms with Gasteiger partial charge in [0.15, 0.2) is 6.10 Å². The van der Waals surface area contributed by atoms with Crippen LogP contribution >= 0.6 is 0 Å². The molecular weight excluding hydrogens is 208 g/mol. The van der Waals surface area contributed by atoms with Gasteiger partial charge in [-0.1, -0.05) is 6.08 Å². The van der Waals surface area contributed by atoms with Crippen molar-refractivity contribution < 1.29 is 14.3 Å². The maximum absolute atomic E-state index is 11.0. The maximum atomic E-state index is 11.0. The summed E-state index contributed by atoms with van der Waals surface area (Å²) < 4.78 is 9.96. The minimum absolute atomic E-state index is 0.326. The summed E-state index contributed by atoms with van der Waals surface area (Å²) >= 11 is 0. The number of rotatable bonds is 4. The molecule has 1 atom stereocenters. The van der Waals surface area contributed by atoms with E-state index < -0.39 is 0 Å². The quantitative estimate of drug-likeness (QED) is 0.508. The second-order valence-corrected chi connectivity index (χ2v) is 3.40. The highest BCUT2D eigenvalue weighted by Gasteiger charge is 2.18. The van der Waals surface area contributed by atoms with Crippen molar-refractivity contribution in [1.82, 2.24) is 4.90 Å². The van der Waals surface area contributed by atoms with Gasteiger partial charge in [0.1, 0.15) is 0 Å². The number of esters is 1. The van der Waals surface area contributed by atoms with Crippen LogP contribution in [0.5, 0.6) is 0 Å².